The van der Waals surface area contributed by atoms with Crippen LogP contribution < -0.4 is 0 Å². The predicted octanol–water partition coefficient (Wildman–Crippen LogP) is 2.46. The monoisotopic (exact) mass is 220 g/mol. The third kappa shape index (κ3) is 3.59. The van der Waals surface area contributed by atoms with E-state index in [4.69, 9.17) is 10.3 Å². The predicted molar refractivity (Wildman–Crippen MR) is 57.6 cm³/mol. The van der Waals surface area contributed by atoms with Gasteiger partial charge in [0.2, 0.25) is 0 Å². The van der Waals surface area contributed by atoms with Crippen molar-refractivity contribution in [1.82, 2.24) is 4.98 Å². The van der Waals surface area contributed by atoms with Gasteiger partial charge in [-0.2, -0.15) is 0 Å². The fourth-order valence-corrected chi connectivity index (χ4v) is 1.06. The summed E-state index contributed by atoms with van der Waals surface area (Å²) in [5.74, 6) is -0.474. The third-order valence-corrected chi connectivity index (χ3v) is 1.65. The highest BCUT2D eigenvalue weighted by atomic mass is 16.5. The number of aromatic nitrogens is 1. The van der Waals surface area contributed by atoms with E-state index in [0.717, 1.165) is 0 Å². The maximum Gasteiger partial charge on any atom is 0.357 e. The van der Waals surface area contributed by atoms with Gasteiger partial charge in [-0.3, -0.25) is 0 Å². The SMILES string of the molecule is CC(C)OC(=O)c1cccc(CN=[N+]=[N-])n1. The molecule has 1 rings (SSSR count). The molecule has 1 heterocycles. The van der Waals surface area contributed by atoms with E-state index in [9.17, 15) is 4.79 Å². The van der Waals surface area contributed by atoms with Crippen LogP contribution in [0.3, 0.4) is 0 Å². The van der Waals surface area contributed by atoms with Crippen molar-refractivity contribution in [2.75, 3.05) is 0 Å². The summed E-state index contributed by atoms with van der Waals surface area (Å²) in [5.41, 5.74) is 8.92. The van der Waals surface area contributed by atoms with Crippen molar-refractivity contribution < 1.29 is 9.53 Å². The lowest BCUT2D eigenvalue weighted by atomic mass is 10.3. The van der Waals surface area contributed by atoms with Crippen LogP contribution in [0.25, 0.3) is 10.4 Å². The van der Waals surface area contributed by atoms with Gasteiger partial charge in [0.05, 0.1) is 12.6 Å². The molecule has 84 valence electrons. The van der Waals surface area contributed by atoms with Crippen molar-refractivity contribution in [1.29, 1.82) is 0 Å². The molecule has 0 amide bonds. The van der Waals surface area contributed by atoms with E-state index in [2.05, 4.69) is 15.0 Å². The van der Waals surface area contributed by atoms with Gasteiger partial charge >= 0.3 is 5.97 Å². The molecule has 6 heteroatoms. The Hall–Kier alpha value is -2.07. The molecule has 0 saturated heterocycles. The average molecular weight is 220 g/mol. The van der Waals surface area contributed by atoms with Crippen molar-refractivity contribution in [3.05, 3.63) is 40.0 Å². The lowest BCUT2D eigenvalue weighted by Crippen LogP contribution is -2.13. The van der Waals surface area contributed by atoms with E-state index in [-0.39, 0.29) is 18.3 Å². The topological polar surface area (TPSA) is 88.0 Å². The summed E-state index contributed by atoms with van der Waals surface area (Å²) in [4.78, 5) is 18.1. The molecule has 0 N–H and O–H groups in total. The molecule has 16 heavy (non-hydrogen) atoms. The van der Waals surface area contributed by atoms with Gasteiger partial charge in [0.1, 0.15) is 5.69 Å². The van der Waals surface area contributed by atoms with Gasteiger partial charge in [-0.05, 0) is 31.5 Å². The van der Waals surface area contributed by atoms with E-state index >= 15 is 0 Å². The van der Waals surface area contributed by atoms with Crippen molar-refractivity contribution in [2.45, 2.75) is 26.5 Å². The van der Waals surface area contributed by atoms with Gasteiger partial charge in [-0.1, -0.05) is 11.2 Å². The molecule has 0 saturated carbocycles. The number of hydrogen-bond donors (Lipinski definition) is 0. The van der Waals surface area contributed by atoms with Crippen LogP contribution >= 0.6 is 0 Å². The molecule has 6 nitrogen and oxygen atoms in total. The van der Waals surface area contributed by atoms with Crippen LogP contribution in [0.2, 0.25) is 0 Å². The highest BCUT2D eigenvalue weighted by molar-refractivity contribution is 5.87. The Morgan fingerprint density at radius 2 is 2.38 bits per heavy atom. The van der Waals surface area contributed by atoms with Gasteiger partial charge < -0.3 is 4.74 Å². The molecular formula is C10H12N4O2. The fraction of sp³-hybridized carbons (Fsp3) is 0.400. The van der Waals surface area contributed by atoms with Crippen molar-refractivity contribution in [3.8, 4) is 0 Å². The largest absolute Gasteiger partial charge is 0.458 e. The fourth-order valence-electron chi connectivity index (χ4n) is 1.06. The highest BCUT2D eigenvalue weighted by Gasteiger charge is 2.10. The van der Waals surface area contributed by atoms with Crippen LogP contribution in [-0.4, -0.2) is 17.1 Å². The Morgan fingerprint density at radius 1 is 1.62 bits per heavy atom. The Kier molecular flexibility index (Phi) is 4.29. The first-order chi connectivity index (χ1) is 7.63. The second-order valence-electron chi connectivity index (χ2n) is 3.36. The van der Waals surface area contributed by atoms with Gasteiger partial charge in [-0.25, -0.2) is 9.78 Å². The second kappa shape index (κ2) is 5.72. The van der Waals surface area contributed by atoms with Crippen molar-refractivity contribution in [2.24, 2.45) is 5.11 Å². The number of pyridine rings is 1. The minimum atomic E-state index is -0.474. The van der Waals surface area contributed by atoms with Gasteiger partial charge in [-0.15, -0.1) is 0 Å². The van der Waals surface area contributed by atoms with E-state index in [1.54, 1.807) is 32.0 Å². The zero-order chi connectivity index (χ0) is 12.0. The Bertz CT molecular complexity index is 425. The number of carbonyl (C=O) groups excluding carboxylic acids is 1. The molecular weight excluding hydrogens is 208 g/mol. The lowest BCUT2D eigenvalue weighted by Gasteiger charge is -2.07. The molecule has 0 aliphatic carbocycles. The summed E-state index contributed by atoms with van der Waals surface area (Å²) in [6.07, 6.45) is -0.185. The molecule has 1 aromatic rings. The average Bonchev–Trinajstić information content (AvgIpc) is 2.26. The Labute approximate surface area is 92.9 Å². The normalized spacial score (nSPS) is 9.69. The molecule has 0 aliphatic rings. The highest BCUT2D eigenvalue weighted by Crippen LogP contribution is 2.04. The number of azide groups is 1. The van der Waals surface area contributed by atoms with E-state index in [1.807, 2.05) is 0 Å². The summed E-state index contributed by atoms with van der Waals surface area (Å²) in [7, 11) is 0. The molecule has 0 aromatic carbocycles. The molecule has 0 atom stereocenters. The minimum Gasteiger partial charge on any atom is -0.458 e. The quantitative estimate of drug-likeness (QED) is 0.338. The molecule has 0 unspecified atom stereocenters. The van der Waals surface area contributed by atoms with Gasteiger partial charge in [0.15, 0.2) is 0 Å². The van der Waals surface area contributed by atoms with Gasteiger partial charge in [0.25, 0.3) is 0 Å². The Balaban J connectivity index is 2.81. The molecule has 0 spiro atoms. The minimum absolute atomic E-state index is 0.124. The molecule has 1 aromatic heterocycles. The maximum absolute atomic E-state index is 11.5. The van der Waals surface area contributed by atoms with Crippen molar-refractivity contribution in [3.63, 3.8) is 0 Å². The Morgan fingerprint density at radius 3 is 3.00 bits per heavy atom. The van der Waals surface area contributed by atoms with Crippen LogP contribution in [-0.2, 0) is 11.3 Å². The first kappa shape index (κ1) is 12.0. The van der Waals surface area contributed by atoms with E-state index in [0.29, 0.717) is 5.69 Å². The van der Waals surface area contributed by atoms with Crippen molar-refractivity contribution >= 4 is 5.97 Å². The summed E-state index contributed by atoms with van der Waals surface area (Å²) < 4.78 is 4.99. The number of hydrogen-bond acceptors (Lipinski definition) is 4. The summed E-state index contributed by atoms with van der Waals surface area (Å²) in [6, 6.07) is 4.91. The molecule has 0 fully saturated rings. The van der Waals surface area contributed by atoms with E-state index < -0.39 is 5.97 Å². The van der Waals surface area contributed by atoms with Crippen LogP contribution in [0, 0.1) is 0 Å². The number of ether oxygens (including phenoxy) is 1. The van der Waals surface area contributed by atoms with Crippen LogP contribution in [0.15, 0.2) is 23.3 Å². The number of esters is 1. The number of nitrogens with zero attached hydrogens (tertiary/aromatic N) is 4. The summed E-state index contributed by atoms with van der Waals surface area (Å²) in [5, 5.41) is 3.37. The van der Waals surface area contributed by atoms with Crippen LogP contribution in [0.5, 0.6) is 0 Å². The molecule has 0 bridgehead atoms. The zero-order valence-electron chi connectivity index (χ0n) is 9.12. The van der Waals surface area contributed by atoms with Crippen LogP contribution in [0.4, 0.5) is 0 Å². The molecule has 0 radical (unpaired) electrons. The third-order valence-electron chi connectivity index (χ3n) is 1.65. The van der Waals surface area contributed by atoms with Crippen LogP contribution in [0.1, 0.15) is 30.0 Å². The van der Waals surface area contributed by atoms with Gasteiger partial charge in [0, 0.05) is 10.6 Å². The zero-order valence-corrected chi connectivity index (χ0v) is 9.12. The smallest absolute Gasteiger partial charge is 0.357 e. The first-order valence-electron chi connectivity index (χ1n) is 4.81. The summed E-state index contributed by atoms with van der Waals surface area (Å²) in [6.45, 7) is 3.66. The number of rotatable bonds is 4. The van der Waals surface area contributed by atoms with E-state index in [1.165, 1.54) is 0 Å². The maximum atomic E-state index is 11.5. The first-order valence-corrected chi connectivity index (χ1v) is 4.81. The standard InChI is InChI=1S/C10H12N4O2/c1-7(2)16-10(15)9-5-3-4-8(13-9)6-12-14-11/h3-5,7H,6H2,1-2H3. The number of carbonyl (C=O) groups is 1. The second-order valence-corrected chi connectivity index (χ2v) is 3.36. The summed E-state index contributed by atoms with van der Waals surface area (Å²) >= 11 is 0. The molecule has 0 aliphatic heterocycles. The lowest BCUT2D eigenvalue weighted by molar-refractivity contribution is 0.0370.